The SMILES string of the molecule is CCC1(CC)C[C@@H](NC(=O)c2ccccc2F)c2ccccc2O1. The smallest absolute Gasteiger partial charge is 0.254 e. The van der Waals surface area contributed by atoms with Gasteiger partial charge in [-0.1, -0.05) is 44.2 Å². The largest absolute Gasteiger partial charge is 0.487 e. The molecule has 24 heavy (non-hydrogen) atoms. The summed E-state index contributed by atoms with van der Waals surface area (Å²) >= 11 is 0. The summed E-state index contributed by atoms with van der Waals surface area (Å²) in [5, 5.41) is 3.00. The number of ether oxygens (including phenoxy) is 1. The Kier molecular flexibility index (Phi) is 4.56. The third kappa shape index (κ3) is 3.01. The number of carbonyl (C=O) groups is 1. The van der Waals surface area contributed by atoms with Crippen LogP contribution in [-0.2, 0) is 0 Å². The molecule has 1 aliphatic rings. The predicted octanol–water partition coefficient (Wildman–Crippen LogP) is 4.64. The predicted molar refractivity (Wildman–Crippen MR) is 91.6 cm³/mol. The first-order valence-electron chi connectivity index (χ1n) is 8.42. The number of carbonyl (C=O) groups excluding carboxylic acids is 1. The molecule has 1 N–H and O–H groups in total. The average Bonchev–Trinajstić information content (AvgIpc) is 2.61. The molecule has 0 spiro atoms. The highest BCUT2D eigenvalue weighted by molar-refractivity contribution is 5.94. The lowest BCUT2D eigenvalue weighted by atomic mass is 9.83. The van der Waals surface area contributed by atoms with Gasteiger partial charge in [0.1, 0.15) is 17.2 Å². The van der Waals surface area contributed by atoms with Crippen LogP contribution < -0.4 is 10.1 Å². The molecule has 0 bridgehead atoms. The van der Waals surface area contributed by atoms with Crippen molar-refractivity contribution in [3.05, 3.63) is 65.5 Å². The maximum Gasteiger partial charge on any atom is 0.254 e. The van der Waals surface area contributed by atoms with Crippen LogP contribution in [0.15, 0.2) is 48.5 Å². The Balaban J connectivity index is 1.91. The second kappa shape index (κ2) is 6.63. The average molecular weight is 327 g/mol. The molecule has 1 aliphatic heterocycles. The first-order chi connectivity index (χ1) is 11.6. The molecule has 0 aromatic heterocycles. The standard InChI is InChI=1S/C20H22FNO2/c1-3-20(4-2)13-17(15-10-6-8-12-18(15)24-20)22-19(23)14-9-5-7-11-16(14)21/h5-12,17H,3-4,13H2,1-2H3,(H,22,23)/t17-/m1/s1. The molecule has 1 amide bonds. The van der Waals surface area contributed by atoms with Crippen molar-refractivity contribution in [3.8, 4) is 5.75 Å². The van der Waals surface area contributed by atoms with Crippen LogP contribution >= 0.6 is 0 Å². The summed E-state index contributed by atoms with van der Waals surface area (Å²) in [6.45, 7) is 4.18. The van der Waals surface area contributed by atoms with E-state index in [9.17, 15) is 9.18 Å². The Morgan fingerprint density at radius 2 is 1.83 bits per heavy atom. The van der Waals surface area contributed by atoms with Crippen molar-refractivity contribution in [1.29, 1.82) is 0 Å². The van der Waals surface area contributed by atoms with Gasteiger partial charge in [-0.15, -0.1) is 0 Å². The molecule has 0 fully saturated rings. The Labute approximate surface area is 141 Å². The first-order valence-corrected chi connectivity index (χ1v) is 8.42. The van der Waals surface area contributed by atoms with E-state index in [1.807, 2.05) is 24.3 Å². The van der Waals surface area contributed by atoms with Crippen LogP contribution in [0.2, 0.25) is 0 Å². The van der Waals surface area contributed by atoms with Gasteiger partial charge in [0.15, 0.2) is 0 Å². The van der Waals surface area contributed by atoms with Crippen LogP contribution in [0.5, 0.6) is 5.75 Å². The zero-order valence-corrected chi connectivity index (χ0v) is 14.0. The summed E-state index contributed by atoms with van der Waals surface area (Å²) in [4.78, 5) is 12.5. The second-order valence-electron chi connectivity index (χ2n) is 6.24. The van der Waals surface area contributed by atoms with Gasteiger partial charge >= 0.3 is 0 Å². The Morgan fingerprint density at radius 3 is 2.54 bits per heavy atom. The Morgan fingerprint density at radius 1 is 1.17 bits per heavy atom. The van der Waals surface area contributed by atoms with Crippen LogP contribution in [0.25, 0.3) is 0 Å². The first kappa shape index (κ1) is 16.5. The number of hydrogen-bond acceptors (Lipinski definition) is 2. The number of hydrogen-bond donors (Lipinski definition) is 1. The van der Waals surface area contributed by atoms with Crippen molar-refractivity contribution in [3.63, 3.8) is 0 Å². The highest BCUT2D eigenvalue weighted by atomic mass is 19.1. The molecule has 2 aromatic carbocycles. The van der Waals surface area contributed by atoms with Crippen molar-refractivity contribution in [1.82, 2.24) is 5.32 Å². The van der Waals surface area contributed by atoms with Gasteiger partial charge in [0.2, 0.25) is 0 Å². The van der Waals surface area contributed by atoms with Gasteiger partial charge in [-0.2, -0.15) is 0 Å². The molecule has 0 radical (unpaired) electrons. The van der Waals surface area contributed by atoms with Crippen LogP contribution in [0.1, 0.15) is 55.1 Å². The molecule has 1 heterocycles. The fraction of sp³-hybridized carbons (Fsp3) is 0.350. The monoisotopic (exact) mass is 327 g/mol. The normalized spacial score (nSPS) is 18.4. The quantitative estimate of drug-likeness (QED) is 0.888. The molecular formula is C20H22FNO2. The number of rotatable bonds is 4. The molecule has 0 saturated carbocycles. The lowest BCUT2D eigenvalue weighted by Crippen LogP contribution is -2.44. The van der Waals surface area contributed by atoms with Crippen LogP contribution in [0.4, 0.5) is 4.39 Å². The summed E-state index contributed by atoms with van der Waals surface area (Å²) in [5.74, 6) is -0.102. The van der Waals surface area contributed by atoms with Gasteiger partial charge in [0.25, 0.3) is 5.91 Å². The second-order valence-corrected chi connectivity index (χ2v) is 6.24. The summed E-state index contributed by atoms with van der Waals surface area (Å²) < 4.78 is 20.1. The fourth-order valence-corrected chi connectivity index (χ4v) is 3.31. The maximum absolute atomic E-state index is 13.9. The van der Waals surface area contributed by atoms with E-state index in [-0.39, 0.29) is 17.2 Å². The number of para-hydroxylation sites is 1. The third-order valence-corrected chi connectivity index (χ3v) is 4.91. The van der Waals surface area contributed by atoms with Gasteiger partial charge in [0.05, 0.1) is 11.6 Å². The zero-order valence-electron chi connectivity index (χ0n) is 14.0. The van der Waals surface area contributed by atoms with Gasteiger partial charge < -0.3 is 10.1 Å². The number of nitrogens with one attached hydrogen (secondary N) is 1. The number of benzene rings is 2. The Bertz CT molecular complexity index is 740. The van der Waals surface area contributed by atoms with E-state index < -0.39 is 11.7 Å². The Hall–Kier alpha value is -2.36. The minimum Gasteiger partial charge on any atom is -0.487 e. The highest BCUT2D eigenvalue weighted by Gasteiger charge is 2.39. The van der Waals surface area contributed by atoms with E-state index in [1.165, 1.54) is 12.1 Å². The van der Waals surface area contributed by atoms with Gasteiger partial charge in [-0.05, 0) is 31.0 Å². The van der Waals surface area contributed by atoms with E-state index in [4.69, 9.17) is 4.74 Å². The molecule has 0 unspecified atom stereocenters. The number of fused-ring (bicyclic) bond motifs is 1. The molecule has 1 atom stereocenters. The van der Waals surface area contributed by atoms with Crippen molar-refractivity contribution in [2.75, 3.05) is 0 Å². The zero-order chi connectivity index (χ0) is 17.2. The molecule has 0 aliphatic carbocycles. The molecule has 3 rings (SSSR count). The van der Waals surface area contributed by atoms with Crippen LogP contribution in [-0.4, -0.2) is 11.5 Å². The van der Waals surface area contributed by atoms with Crippen molar-refractivity contribution in [2.24, 2.45) is 0 Å². The maximum atomic E-state index is 13.9. The van der Waals surface area contributed by atoms with E-state index in [1.54, 1.807) is 12.1 Å². The molecular weight excluding hydrogens is 305 g/mol. The van der Waals surface area contributed by atoms with Crippen molar-refractivity contribution >= 4 is 5.91 Å². The van der Waals surface area contributed by atoms with Crippen molar-refractivity contribution in [2.45, 2.75) is 44.8 Å². The molecule has 3 nitrogen and oxygen atoms in total. The van der Waals surface area contributed by atoms with Crippen molar-refractivity contribution < 1.29 is 13.9 Å². The summed E-state index contributed by atoms with van der Waals surface area (Å²) in [6, 6.07) is 13.6. The molecule has 4 heteroatoms. The molecule has 0 saturated heterocycles. The van der Waals surface area contributed by atoms with E-state index in [0.717, 1.165) is 24.2 Å². The van der Waals surface area contributed by atoms with E-state index >= 15 is 0 Å². The third-order valence-electron chi connectivity index (χ3n) is 4.91. The van der Waals surface area contributed by atoms with Crippen LogP contribution in [0.3, 0.4) is 0 Å². The molecule has 126 valence electrons. The highest BCUT2D eigenvalue weighted by Crippen LogP contribution is 2.42. The fourth-order valence-electron chi connectivity index (χ4n) is 3.31. The lowest BCUT2D eigenvalue weighted by molar-refractivity contribution is 0.0227. The van der Waals surface area contributed by atoms with E-state index in [0.29, 0.717) is 6.42 Å². The van der Waals surface area contributed by atoms with Gasteiger partial charge in [0, 0.05) is 12.0 Å². The lowest BCUT2D eigenvalue weighted by Gasteiger charge is -2.41. The number of amides is 1. The number of halogens is 1. The minimum absolute atomic E-state index is 0.0695. The summed E-state index contributed by atoms with van der Waals surface area (Å²) in [6.07, 6.45) is 2.38. The minimum atomic E-state index is -0.507. The van der Waals surface area contributed by atoms with E-state index in [2.05, 4.69) is 19.2 Å². The van der Waals surface area contributed by atoms with Gasteiger partial charge in [-0.25, -0.2) is 4.39 Å². The summed E-state index contributed by atoms with van der Waals surface area (Å²) in [5.41, 5.74) is 0.710. The van der Waals surface area contributed by atoms with Crippen LogP contribution in [0, 0.1) is 5.82 Å². The van der Waals surface area contributed by atoms with Gasteiger partial charge in [-0.3, -0.25) is 4.79 Å². The molecule has 2 aromatic rings. The topological polar surface area (TPSA) is 38.3 Å². The summed E-state index contributed by atoms with van der Waals surface area (Å²) in [7, 11) is 0.